The van der Waals surface area contributed by atoms with Crippen molar-refractivity contribution in [2.24, 2.45) is 0 Å². The largest absolute Gasteiger partial charge is 0.492 e. The van der Waals surface area contributed by atoms with Crippen LogP contribution in [0.3, 0.4) is 0 Å². The van der Waals surface area contributed by atoms with Crippen LogP contribution in [0.4, 0.5) is 0 Å². The van der Waals surface area contributed by atoms with Gasteiger partial charge in [0.15, 0.2) is 0 Å². The summed E-state index contributed by atoms with van der Waals surface area (Å²) in [6, 6.07) is 7.45. The summed E-state index contributed by atoms with van der Waals surface area (Å²) >= 11 is 0. The highest BCUT2D eigenvalue weighted by atomic mass is 16.5. The molecule has 1 aromatic heterocycles. The molecule has 0 saturated heterocycles. The Morgan fingerprint density at radius 1 is 1.16 bits per heavy atom. The van der Waals surface area contributed by atoms with E-state index < -0.39 is 0 Å². The molecule has 0 amide bonds. The summed E-state index contributed by atoms with van der Waals surface area (Å²) in [5.74, 6) is 0.774. The van der Waals surface area contributed by atoms with Gasteiger partial charge in [-0.1, -0.05) is 19.9 Å². The van der Waals surface area contributed by atoms with Crippen molar-refractivity contribution >= 4 is 10.8 Å². The standard InChI is InChI=1S/C15H20N2O2/c1-3-17(4-2)10-11-19-14-7-5-6-13-12(14)8-9-16-15(13)18/h5-9H,3-4,10-11H2,1-2H3,(H,16,18). The van der Waals surface area contributed by atoms with Gasteiger partial charge in [-0.3, -0.25) is 4.79 Å². The Kier molecular flexibility index (Phi) is 4.58. The molecule has 1 N–H and O–H groups in total. The summed E-state index contributed by atoms with van der Waals surface area (Å²) in [6.07, 6.45) is 1.65. The summed E-state index contributed by atoms with van der Waals surface area (Å²) in [5.41, 5.74) is -0.0771. The van der Waals surface area contributed by atoms with Crippen molar-refractivity contribution in [3.8, 4) is 5.75 Å². The summed E-state index contributed by atoms with van der Waals surface area (Å²) in [4.78, 5) is 16.7. The van der Waals surface area contributed by atoms with Crippen LogP contribution in [0, 0.1) is 0 Å². The third kappa shape index (κ3) is 3.15. The molecule has 2 rings (SSSR count). The summed E-state index contributed by atoms with van der Waals surface area (Å²) in [5, 5.41) is 1.54. The second-order valence-corrected chi connectivity index (χ2v) is 4.40. The normalized spacial score (nSPS) is 11.1. The smallest absolute Gasteiger partial charge is 0.255 e. The first-order valence-corrected chi connectivity index (χ1v) is 6.71. The minimum atomic E-state index is -0.0771. The van der Waals surface area contributed by atoms with E-state index >= 15 is 0 Å². The molecular formula is C15H20N2O2. The third-order valence-electron chi connectivity index (χ3n) is 3.33. The number of aromatic nitrogens is 1. The quantitative estimate of drug-likeness (QED) is 0.866. The van der Waals surface area contributed by atoms with Gasteiger partial charge in [0.25, 0.3) is 5.56 Å². The number of ether oxygens (including phenoxy) is 1. The fourth-order valence-corrected chi connectivity index (χ4v) is 2.14. The first-order valence-electron chi connectivity index (χ1n) is 6.71. The molecule has 0 bridgehead atoms. The maximum atomic E-state index is 11.7. The Morgan fingerprint density at radius 2 is 1.95 bits per heavy atom. The monoisotopic (exact) mass is 260 g/mol. The molecule has 0 aliphatic rings. The van der Waals surface area contributed by atoms with Crippen LogP contribution in [0.25, 0.3) is 10.8 Å². The van der Waals surface area contributed by atoms with E-state index in [1.165, 1.54) is 0 Å². The zero-order valence-electron chi connectivity index (χ0n) is 11.5. The van der Waals surface area contributed by atoms with E-state index in [1.807, 2.05) is 24.3 Å². The number of benzene rings is 1. The Hall–Kier alpha value is -1.81. The van der Waals surface area contributed by atoms with Crippen molar-refractivity contribution in [2.75, 3.05) is 26.2 Å². The maximum Gasteiger partial charge on any atom is 0.255 e. The highest BCUT2D eigenvalue weighted by Crippen LogP contribution is 2.22. The van der Waals surface area contributed by atoms with Crippen molar-refractivity contribution in [1.29, 1.82) is 0 Å². The van der Waals surface area contributed by atoms with Crippen molar-refractivity contribution < 1.29 is 4.74 Å². The second-order valence-electron chi connectivity index (χ2n) is 4.40. The van der Waals surface area contributed by atoms with Gasteiger partial charge in [-0.25, -0.2) is 0 Å². The number of fused-ring (bicyclic) bond motifs is 1. The number of likely N-dealkylation sites (N-methyl/N-ethyl adjacent to an activating group) is 1. The Morgan fingerprint density at radius 3 is 2.68 bits per heavy atom. The Balaban J connectivity index is 2.13. The SMILES string of the molecule is CCN(CC)CCOc1cccc2c(=O)[nH]ccc12. The average molecular weight is 260 g/mol. The Labute approximate surface area is 113 Å². The fraction of sp³-hybridized carbons (Fsp3) is 0.400. The van der Waals surface area contributed by atoms with Gasteiger partial charge in [0.1, 0.15) is 12.4 Å². The summed E-state index contributed by atoms with van der Waals surface area (Å²) < 4.78 is 5.81. The predicted octanol–water partition coefficient (Wildman–Crippen LogP) is 2.25. The molecule has 0 atom stereocenters. The molecule has 1 heterocycles. The van der Waals surface area contributed by atoms with E-state index in [0.717, 1.165) is 30.8 Å². The van der Waals surface area contributed by atoms with E-state index in [9.17, 15) is 4.79 Å². The zero-order valence-corrected chi connectivity index (χ0v) is 11.5. The van der Waals surface area contributed by atoms with E-state index in [-0.39, 0.29) is 5.56 Å². The van der Waals surface area contributed by atoms with Crippen LogP contribution < -0.4 is 10.3 Å². The van der Waals surface area contributed by atoms with E-state index in [1.54, 1.807) is 6.20 Å². The number of hydrogen-bond acceptors (Lipinski definition) is 3. The molecule has 4 heteroatoms. The average Bonchev–Trinajstić information content (AvgIpc) is 2.44. The number of rotatable bonds is 6. The second kappa shape index (κ2) is 6.38. The number of aromatic amines is 1. The van der Waals surface area contributed by atoms with E-state index in [2.05, 4.69) is 23.7 Å². The van der Waals surface area contributed by atoms with Gasteiger partial charge in [-0.15, -0.1) is 0 Å². The third-order valence-corrected chi connectivity index (χ3v) is 3.33. The first kappa shape index (κ1) is 13.6. The van der Waals surface area contributed by atoms with Gasteiger partial charge in [0.2, 0.25) is 0 Å². The molecule has 0 unspecified atom stereocenters. The lowest BCUT2D eigenvalue weighted by Gasteiger charge is -2.18. The van der Waals surface area contributed by atoms with Crippen molar-refractivity contribution in [3.63, 3.8) is 0 Å². The van der Waals surface area contributed by atoms with Crippen molar-refractivity contribution in [1.82, 2.24) is 9.88 Å². The van der Waals surface area contributed by atoms with Gasteiger partial charge in [0.05, 0.1) is 5.39 Å². The molecular weight excluding hydrogens is 240 g/mol. The van der Waals surface area contributed by atoms with Gasteiger partial charge in [-0.2, -0.15) is 0 Å². The van der Waals surface area contributed by atoms with Gasteiger partial charge >= 0.3 is 0 Å². The predicted molar refractivity (Wildman–Crippen MR) is 77.9 cm³/mol. The van der Waals surface area contributed by atoms with E-state index in [0.29, 0.717) is 12.0 Å². The molecule has 19 heavy (non-hydrogen) atoms. The minimum absolute atomic E-state index is 0.0771. The molecule has 4 nitrogen and oxygen atoms in total. The fourth-order valence-electron chi connectivity index (χ4n) is 2.14. The first-order chi connectivity index (χ1) is 9.26. The lowest BCUT2D eigenvalue weighted by Crippen LogP contribution is -2.27. The molecule has 2 aromatic rings. The molecule has 0 aliphatic carbocycles. The lowest BCUT2D eigenvalue weighted by atomic mass is 10.1. The number of nitrogens with zero attached hydrogens (tertiary/aromatic N) is 1. The molecule has 0 saturated carbocycles. The molecule has 102 valence electrons. The van der Waals surface area contributed by atoms with Crippen LogP contribution in [0.1, 0.15) is 13.8 Å². The van der Waals surface area contributed by atoms with Gasteiger partial charge in [0, 0.05) is 18.1 Å². The number of pyridine rings is 1. The summed E-state index contributed by atoms with van der Waals surface area (Å²) in [6.45, 7) is 7.85. The molecule has 0 spiro atoms. The van der Waals surface area contributed by atoms with Crippen LogP contribution in [0.5, 0.6) is 5.75 Å². The molecule has 0 fully saturated rings. The maximum absolute atomic E-state index is 11.7. The summed E-state index contributed by atoms with van der Waals surface area (Å²) in [7, 11) is 0. The van der Waals surface area contributed by atoms with Crippen molar-refractivity contribution in [3.05, 3.63) is 40.8 Å². The van der Waals surface area contributed by atoms with Crippen LogP contribution in [0.2, 0.25) is 0 Å². The van der Waals surface area contributed by atoms with Crippen LogP contribution in [-0.2, 0) is 0 Å². The van der Waals surface area contributed by atoms with E-state index in [4.69, 9.17) is 4.74 Å². The minimum Gasteiger partial charge on any atom is -0.492 e. The number of nitrogens with one attached hydrogen (secondary N) is 1. The lowest BCUT2D eigenvalue weighted by molar-refractivity contribution is 0.224. The number of hydrogen-bond donors (Lipinski definition) is 1. The number of H-pyrrole nitrogens is 1. The van der Waals surface area contributed by atoms with Crippen LogP contribution >= 0.6 is 0 Å². The molecule has 0 radical (unpaired) electrons. The highest BCUT2D eigenvalue weighted by Gasteiger charge is 2.05. The zero-order chi connectivity index (χ0) is 13.7. The van der Waals surface area contributed by atoms with Crippen LogP contribution in [0.15, 0.2) is 35.3 Å². The molecule has 1 aromatic carbocycles. The molecule has 0 aliphatic heterocycles. The highest BCUT2D eigenvalue weighted by molar-refractivity contribution is 5.87. The Bertz CT molecular complexity index is 588. The van der Waals surface area contributed by atoms with Gasteiger partial charge < -0.3 is 14.6 Å². The van der Waals surface area contributed by atoms with Gasteiger partial charge in [-0.05, 0) is 31.3 Å². The van der Waals surface area contributed by atoms with Crippen molar-refractivity contribution in [2.45, 2.75) is 13.8 Å². The topological polar surface area (TPSA) is 45.3 Å². The van der Waals surface area contributed by atoms with Crippen LogP contribution in [-0.4, -0.2) is 36.1 Å².